The first-order valence-electron chi connectivity index (χ1n) is 7.46. The normalized spacial score (nSPS) is 13.3. The summed E-state index contributed by atoms with van der Waals surface area (Å²) in [4.78, 5) is 12.3. The SMILES string of the molecule is CCN(CC)CCC(N)c1ccc([N+](=O)[O-])cc1S(=O)(=O)NC. The summed E-state index contributed by atoms with van der Waals surface area (Å²) in [6, 6.07) is 3.24. The highest BCUT2D eigenvalue weighted by molar-refractivity contribution is 7.89. The lowest BCUT2D eigenvalue weighted by atomic mass is 10.0. The maximum Gasteiger partial charge on any atom is 0.270 e. The fourth-order valence-corrected chi connectivity index (χ4v) is 3.33. The molecule has 8 nitrogen and oxygen atoms in total. The summed E-state index contributed by atoms with van der Waals surface area (Å²) in [6.45, 7) is 6.57. The van der Waals surface area contributed by atoms with E-state index in [2.05, 4.69) is 9.62 Å². The minimum absolute atomic E-state index is 0.138. The summed E-state index contributed by atoms with van der Waals surface area (Å²) in [5.41, 5.74) is 6.25. The first kappa shape index (κ1) is 19.5. The topological polar surface area (TPSA) is 119 Å². The van der Waals surface area contributed by atoms with E-state index in [4.69, 9.17) is 5.73 Å². The molecule has 0 bridgehead atoms. The molecule has 1 atom stereocenters. The number of sulfonamides is 1. The number of hydrogen-bond acceptors (Lipinski definition) is 6. The van der Waals surface area contributed by atoms with Crippen molar-refractivity contribution in [2.24, 2.45) is 5.73 Å². The Balaban J connectivity index is 3.16. The molecule has 1 rings (SSSR count). The molecule has 1 aromatic rings. The minimum Gasteiger partial charge on any atom is -0.324 e. The van der Waals surface area contributed by atoms with Crippen LogP contribution in [0.5, 0.6) is 0 Å². The number of nitro groups is 1. The van der Waals surface area contributed by atoms with Crippen LogP contribution in [0.3, 0.4) is 0 Å². The Labute approximate surface area is 136 Å². The molecule has 1 aromatic carbocycles. The van der Waals surface area contributed by atoms with Crippen molar-refractivity contribution >= 4 is 15.7 Å². The van der Waals surface area contributed by atoms with Crippen molar-refractivity contribution in [3.05, 3.63) is 33.9 Å². The lowest BCUT2D eigenvalue weighted by Crippen LogP contribution is -2.28. The van der Waals surface area contributed by atoms with Crippen LogP contribution in [-0.4, -0.2) is 44.9 Å². The van der Waals surface area contributed by atoms with E-state index >= 15 is 0 Å². The second kappa shape index (κ2) is 8.34. The van der Waals surface area contributed by atoms with Gasteiger partial charge >= 0.3 is 0 Å². The molecule has 0 spiro atoms. The van der Waals surface area contributed by atoms with Crippen molar-refractivity contribution in [2.45, 2.75) is 31.2 Å². The highest BCUT2D eigenvalue weighted by atomic mass is 32.2. The zero-order valence-corrected chi connectivity index (χ0v) is 14.5. The van der Waals surface area contributed by atoms with Gasteiger partial charge < -0.3 is 10.6 Å². The van der Waals surface area contributed by atoms with Crippen LogP contribution in [-0.2, 0) is 10.0 Å². The molecule has 3 N–H and O–H groups in total. The van der Waals surface area contributed by atoms with Gasteiger partial charge in [-0.05, 0) is 44.7 Å². The number of nitro benzene ring substituents is 1. The number of benzene rings is 1. The monoisotopic (exact) mass is 344 g/mol. The van der Waals surface area contributed by atoms with Crippen molar-refractivity contribution in [1.29, 1.82) is 0 Å². The van der Waals surface area contributed by atoms with Gasteiger partial charge in [0, 0.05) is 18.2 Å². The van der Waals surface area contributed by atoms with Gasteiger partial charge in [0.15, 0.2) is 0 Å². The van der Waals surface area contributed by atoms with Crippen LogP contribution in [0.1, 0.15) is 31.9 Å². The van der Waals surface area contributed by atoms with E-state index < -0.39 is 21.0 Å². The summed E-state index contributed by atoms with van der Waals surface area (Å²) in [7, 11) is -2.56. The van der Waals surface area contributed by atoms with Gasteiger partial charge in [0.2, 0.25) is 10.0 Å². The van der Waals surface area contributed by atoms with Gasteiger partial charge in [0.1, 0.15) is 0 Å². The number of non-ortho nitro benzene ring substituents is 1. The molecule has 0 heterocycles. The highest BCUT2D eigenvalue weighted by Gasteiger charge is 2.24. The van der Waals surface area contributed by atoms with E-state index in [0.29, 0.717) is 12.0 Å². The van der Waals surface area contributed by atoms with Gasteiger partial charge in [0.25, 0.3) is 5.69 Å². The average molecular weight is 344 g/mol. The minimum atomic E-state index is -3.83. The maximum atomic E-state index is 12.2. The molecule has 0 saturated heterocycles. The maximum absolute atomic E-state index is 12.2. The van der Waals surface area contributed by atoms with Crippen LogP contribution in [0.2, 0.25) is 0 Å². The Morgan fingerprint density at radius 1 is 1.35 bits per heavy atom. The molecule has 0 saturated carbocycles. The molecular weight excluding hydrogens is 320 g/mol. The third-order valence-electron chi connectivity index (χ3n) is 3.82. The first-order chi connectivity index (χ1) is 10.8. The lowest BCUT2D eigenvalue weighted by molar-refractivity contribution is -0.385. The third-order valence-corrected chi connectivity index (χ3v) is 5.29. The Kier molecular flexibility index (Phi) is 7.07. The Morgan fingerprint density at radius 2 is 1.96 bits per heavy atom. The van der Waals surface area contributed by atoms with E-state index in [1.165, 1.54) is 19.2 Å². The molecule has 130 valence electrons. The molecular formula is C14H24N4O4S. The van der Waals surface area contributed by atoms with Crippen molar-refractivity contribution in [3.63, 3.8) is 0 Å². The molecule has 1 unspecified atom stereocenters. The van der Waals surface area contributed by atoms with Gasteiger partial charge in [-0.2, -0.15) is 0 Å². The number of hydrogen-bond donors (Lipinski definition) is 2. The van der Waals surface area contributed by atoms with Crippen molar-refractivity contribution in [2.75, 3.05) is 26.7 Å². The fraction of sp³-hybridized carbons (Fsp3) is 0.571. The van der Waals surface area contributed by atoms with Crippen LogP contribution >= 0.6 is 0 Å². The molecule has 23 heavy (non-hydrogen) atoms. The quantitative estimate of drug-likeness (QED) is 0.514. The fourth-order valence-electron chi connectivity index (χ4n) is 2.30. The summed E-state index contributed by atoms with van der Waals surface area (Å²) in [5.74, 6) is 0. The van der Waals surface area contributed by atoms with Gasteiger partial charge in [-0.25, -0.2) is 13.1 Å². The number of nitrogens with zero attached hydrogens (tertiary/aromatic N) is 2. The van der Waals surface area contributed by atoms with Gasteiger partial charge in [-0.3, -0.25) is 10.1 Å². The average Bonchev–Trinajstić information content (AvgIpc) is 2.54. The molecule has 0 aliphatic heterocycles. The lowest BCUT2D eigenvalue weighted by Gasteiger charge is -2.22. The van der Waals surface area contributed by atoms with Crippen LogP contribution in [0.25, 0.3) is 0 Å². The Bertz CT molecular complexity index is 644. The highest BCUT2D eigenvalue weighted by Crippen LogP contribution is 2.27. The standard InChI is InChI=1S/C14H24N4O4S/c1-4-17(5-2)9-8-13(15)12-7-6-11(18(19)20)10-14(12)23(21,22)16-3/h6-7,10,13,16H,4-5,8-9,15H2,1-3H3. The number of nitrogens with two attached hydrogens (primary N) is 1. The van der Waals surface area contributed by atoms with E-state index in [9.17, 15) is 18.5 Å². The largest absolute Gasteiger partial charge is 0.324 e. The molecule has 0 radical (unpaired) electrons. The second-order valence-corrected chi connectivity index (χ2v) is 6.96. The molecule has 0 aliphatic carbocycles. The van der Waals surface area contributed by atoms with Gasteiger partial charge in [-0.1, -0.05) is 13.8 Å². The van der Waals surface area contributed by atoms with Crippen LogP contribution in [0.4, 0.5) is 5.69 Å². The molecule has 0 aromatic heterocycles. The first-order valence-corrected chi connectivity index (χ1v) is 8.94. The predicted molar refractivity (Wildman–Crippen MR) is 88.7 cm³/mol. The molecule has 0 fully saturated rings. The van der Waals surface area contributed by atoms with Crippen LogP contribution < -0.4 is 10.5 Å². The van der Waals surface area contributed by atoms with Crippen LogP contribution in [0.15, 0.2) is 23.1 Å². The van der Waals surface area contributed by atoms with Crippen molar-refractivity contribution in [1.82, 2.24) is 9.62 Å². The summed E-state index contributed by atoms with van der Waals surface area (Å²) in [5, 5.41) is 10.9. The third kappa shape index (κ3) is 4.96. The van der Waals surface area contributed by atoms with Gasteiger partial charge in [-0.15, -0.1) is 0 Å². The van der Waals surface area contributed by atoms with Crippen molar-refractivity contribution < 1.29 is 13.3 Å². The van der Waals surface area contributed by atoms with Gasteiger partial charge in [0.05, 0.1) is 9.82 Å². The Morgan fingerprint density at radius 3 is 2.43 bits per heavy atom. The summed E-state index contributed by atoms with van der Waals surface area (Å²) in [6.07, 6.45) is 0.561. The van der Waals surface area contributed by atoms with Crippen LogP contribution in [0, 0.1) is 10.1 Å². The van der Waals surface area contributed by atoms with Crippen molar-refractivity contribution in [3.8, 4) is 0 Å². The molecule has 9 heteroatoms. The summed E-state index contributed by atoms with van der Waals surface area (Å²) >= 11 is 0. The second-order valence-electron chi connectivity index (χ2n) is 5.11. The van der Waals surface area contributed by atoms with E-state index in [-0.39, 0.29) is 10.6 Å². The Hall–Kier alpha value is -1.55. The van der Waals surface area contributed by atoms with E-state index in [1.807, 2.05) is 13.8 Å². The molecule has 0 amide bonds. The zero-order valence-electron chi connectivity index (χ0n) is 13.7. The summed E-state index contributed by atoms with van der Waals surface area (Å²) < 4.78 is 26.5. The molecule has 0 aliphatic rings. The zero-order chi connectivity index (χ0) is 17.6. The predicted octanol–water partition coefficient (Wildman–Crippen LogP) is 1.23. The van der Waals surface area contributed by atoms with E-state index in [0.717, 1.165) is 25.7 Å². The van der Waals surface area contributed by atoms with E-state index in [1.54, 1.807) is 0 Å². The number of nitrogens with one attached hydrogen (secondary N) is 1. The smallest absolute Gasteiger partial charge is 0.270 e. The number of rotatable bonds is 9.